The van der Waals surface area contributed by atoms with Crippen LogP contribution in [0.4, 0.5) is 17.1 Å². The van der Waals surface area contributed by atoms with Crippen molar-refractivity contribution in [2.45, 2.75) is 39.2 Å². The molecule has 2 aromatic carbocycles. The lowest BCUT2D eigenvalue weighted by molar-refractivity contribution is -0.385. The van der Waals surface area contributed by atoms with E-state index in [1.54, 1.807) is 13.0 Å². The van der Waals surface area contributed by atoms with Crippen molar-refractivity contribution in [2.24, 2.45) is 11.8 Å². The van der Waals surface area contributed by atoms with Gasteiger partial charge in [0.05, 0.1) is 10.8 Å². The van der Waals surface area contributed by atoms with Gasteiger partial charge >= 0.3 is 0 Å². The van der Waals surface area contributed by atoms with Crippen molar-refractivity contribution in [3.05, 3.63) is 51.6 Å². The number of fused-ring (bicyclic) bond motifs is 2. The lowest BCUT2D eigenvalue weighted by Gasteiger charge is -2.29. The molecule has 2 atom stereocenters. The van der Waals surface area contributed by atoms with Crippen LogP contribution in [0.1, 0.15) is 30.9 Å². The number of rotatable bonds is 4. The highest BCUT2D eigenvalue weighted by Crippen LogP contribution is 2.44. The molecule has 1 fully saturated rings. The second-order valence-electron chi connectivity index (χ2n) is 8.74. The minimum Gasteiger partial charge on any atom is -0.454 e. The van der Waals surface area contributed by atoms with E-state index in [1.165, 1.54) is 6.07 Å². The lowest BCUT2D eigenvalue weighted by Crippen LogP contribution is -2.40. The molecule has 0 radical (unpaired) electrons. The Labute approximate surface area is 180 Å². The fourth-order valence-corrected chi connectivity index (χ4v) is 4.49. The number of carbonyl (C=O) groups excluding carboxylic acids is 1. The summed E-state index contributed by atoms with van der Waals surface area (Å²) in [4.78, 5) is 26.1. The molecule has 2 unspecified atom stereocenters. The number of nitrogens with one attached hydrogen (secondary N) is 1. The zero-order valence-corrected chi connectivity index (χ0v) is 17.6. The lowest BCUT2D eigenvalue weighted by atomic mass is 9.88. The van der Waals surface area contributed by atoms with E-state index >= 15 is 0 Å². The molecule has 162 valence electrons. The summed E-state index contributed by atoms with van der Waals surface area (Å²) in [6, 6.07) is 9.36. The molecule has 8 nitrogen and oxygen atoms in total. The van der Waals surface area contributed by atoms with Gasteiger partial charge in [-0.3, -0.25) is 14.9 Å². The smallest absolute Gasteiger partial charge is 0.272 e. The Morgan fingerprint density at radius 1 is 1.19 bits per heavy atom. The standard InChI is InChI=1S/C23H25N3O5/c1-13-7-15-9-21-22(31-12-30-21)10-20(15)25(11-18(13)23(27)24-16-3-4-16)17-5-6-19(26(28)29)14(2)8-17/h5-6,8-10,13,16,18H,3-4,7,11-12H2,1-2H3,(H,24,27). The molecule has 0 aromatic heterocycles. The maximum absolute atomic E-state index is 13.1. The highest BCUT2D eigenvalue weighted by molar-refractivity contribution is 5.82. The van der Waals surface area contributed by atoms with Crippen LogP contribution >= 0.6 is 0 Å². The zero-order valence-electron chi connectivity index (χ0n) is 17.6. The fourth-order valence-electron chi connectivity index (χ4n) is 4.49. The second kappa shape index (κ2) is 7.44. The molecule has 2 aliphatic heterocycles. The summed E-state index contributed by atoms with van der Waals surface area (Å²) in [5.41, 5.74) is 3.52. The van der Waals surface area contributed by atoms with E-state index in [-0.39, 0.29) is 35.1 Å². The number of ether oxygens (including phenoxy) is 2. The van der Waals surface area contributed by atoms with Crippen LogP contribution in [0.15, 0.2) is 30.3 Å². The number of nitro benzene ring substituents is 1. The van der Waals surface area contributed by atoms with Gasteiger partial charge < -0.3 is 19.7 Å². The molecule has 1 aliphatic carbocycles. The number of amides is 1. The number of hydrogen-bond acceptors (Lipinski definition) is 6. The Bertz CT molecular complexity index is 1070. The third-order valence-corrected chi connectivity index (χ3v) is 6.42. The third kappa shape index (κ3) is 3.66. The summed E-state index contributed by atoms with van der Waals surface area (Å²) >= 11 is 0. The fraction of sp³-hybridized carbons (Fsp3) is 0.435. The molecule has 5 rings (SSSR count). The van der Waals surface area contributed by atoms with Gasteiger partial charge in [0.25, 0.3) is 5.69 Å². The van der Waals surface area contributed by atoms with Crippen LogP contribution in [0.2, 0.25) is 0 Å². The molecule has 0 spiro atoms. The van der Waals surface area contributed by atoms with Crippen LogP contribution in [0.3, 0.4) is 0 Å². The summed E-state index contributed by atoms with van der Waals surface area (Å²) in [7, 11) is 0. The van der Waals surface area contributed by atoms with E-state index in [0.29, 0.717) is 29.6 Å². The number of nitro groups is 1. The third-order valence-electron chi connectivity index (χ3n) is 6.42. The average Bonchev–Trinajstić information content (AvgIpc) is 3.44. The summed E-state index contributed by atoms with van der Waals surface area (Å²) in [6.45, 7) is 4.52. The zero-order chi connectivity index (χ0) is 21.7. The van der Waals surface area contributed by atoms with Crippen LogP contribution in [0, 0.1) is 28.9 Å². The molecular formula is C23H25N3O5. The highest BCUT2D eigenvalue weighted by Gasteiger charge is 2.36. The Kier molecular flexibility index (Phi) is 4.72. The number of benzene rings is 2. The first-order chi connectivity index (χ1) is 14.9. The highest BCUT2D eigenvalue weighted by atomic mass is 16.7. The van der Waals surface area contributed by atoms with Crippen LogP contribution in [0.5, 0.6) is 11.5 Å². The largest absolute Gasteiger partial charge is 0.454 e. The summed E-state index contributed by atoms with van der Waals surface area (Å²) in [5, 5.41) is 14.4. The summed E-state index contributed by atoms with van der Waals surface area (Å²) in [6.07, 6.45) is 2.82. The second-order valence-corrected chi connectivity index (χ2v) is 8.74. The Hall–Kier alpha value is -3.29. The molecular weight excluding hydrogens is 398 g/mol. The van der Waals surface area contributed by atoms with Gasteiger partial charge in [-0.25, -0.2) is 0 Å². The number of anilines is 2. The van der Waals surface area contributed by atoms with Gasteiger partial charge in [0.1, 0.15) is 0 Å². The van der Waals surface area contributed by atoms with Crippen LogP contribution in [0.25, 0.3) is 0 Å². The van der Waals surface area contributed by atoms with E-state index in [2.05, 4.69) is 17.1 Å². The number of nitrogens with zero attached hydrogens (tertiary/aromatic N) is 2. The Morgan fingerprint density at radius 2 is 1.94 bits per heavy atom. The summed E-state index contributed by atoms with van der Waals surface area (Å²) < 4.78 is 11.2. The first-order valence-electron chi connectivity index (χ1n) is 10.7. The summed E-state index contributed by atoms with van der Waals surface area (Å²) in [5.74, 6) is 1.39. The number of hydrogen-bond donors (Lipinski definition) is 1. The normalized spacial score (nSPS) is 21.9. The quantitative estimate of drug-likeness (QED) is 0.593. The van der Waals surface area contributed by atoms with Crippen molar-refractivity contribution in [3.63, 3.8) is 0 Å². The molecule has 31 heavy (non-hydrogen) atoms. The van der Waals surface area contributed by atoms with Crippen molar-refractivity contribution >= 4 is 23.0 Å². The molecule has 2 aromatic rings. The van der Waals surface area contributed by atoms with Gasteiger partial charge in [0, 0.05) is 41.7 Å². The molecule has 1 saturated carbocycles. The topological polar surface area (TPSA) is 93.9 Å². The maximum Gasteiger partial charge on any atom is 0.272 e. The van der Waals surface area contributed by atoms with E-state index < -0.39 is 0 Å². The van der Waals surface area contributed by atoms with Gasteiger partial charge in [-0.05, 0) is 55.9 Å². The predicted octanol–water partition coefficient (Wildman–Crippen LogP) is 3.86. The number of aryl methyl sites for hydroxylation is 1. The minimum absolute atomic E-state index is 0.0754. The molecule has 2 heterocycles. The molecule has 3 aliphatic rings. The SMILES string of the molecule is Cc1cc(N2CC(C(=O)NC3CC3)C(C)Cc3cc4c(cc32)OCO4)ccc1[N+](=O)[O-]. The molecule has 1 amide bonds. The first kappa shape index (κ1) is 19.7. The number of carbonyl (C=O) groups is 1. The van der Waals surface area contributed by atoms with Crippen LogP contribution < -0.4 is 19.7 Å². The molecule has 8 heteroatoms. The molecule has 0 bridgehead atoms. The van der Waals surface area contributed by atoms with Crippen LogP contribution in [-0.4, -0.2) is 30.2 Å². The predicted molar refractivity (Wildman–Crippen MR) is 115 cm³/mol. The monoisotopic (exact) mass is 423 g/mol. The molecule has 1 N–H and O–H groups in total. The van der Waals surface area contributed by atoms with Gasteiger partial charge in [-0.2, -0.15) is 0 Å². The Balaban J connectivity index is 1.58. The van der Waals surface area contributed by atoms with Crippen molar-refractivity contribution < 1.29 is 19.2 Å². The van der Waals surface area contributed by atoms with Crippen molar-refractivity contribution in [1.82, 2.24) is 5.32 Å². The first-order valence-corrected chi connectivity index (χ1v) is 10.7. The van der Waals surface area contributed by atoms with E-state index in [4.69, 9.17) is 9.47 Å². The Morgan fingerprint density at radius 3 is 2.61 bits per heavy atom. The van der Waals surface area contributed by atoms with E-state index in [9.17, 15) is 14.9 Å². The molecule has 0 saturated heterocycles. The van der Waals surface area contributed by atoms with E-state index in [0.717, 1.165) is 36.2 Å². The van der Waals surface area contributed by atoms with Gasteiger partial charge in [-0.15, -0.1) is 0 Å². The van der Waals surface area contributed by atoms with Gasteiger partial charge in [-0.1, -0.05) is 6.92 Å². The maximum atomic E-state index is 13.1. The van der Waals surface area contributed by atoms with Crippen LogP contribution in [-0.2, 0) is 11.2 Å². The minimum atomic E-state index is -0.374. The van der Waals surface area contributed by atoms with E-state index in [1.807, 2.05) is 18.2 Å². The van der Waals surface area contributed by atoms with Crippen molar-refractivity contribution in [2.75, 3.05) is 18.2 Å². The van der Waals surface area contributed by atoms with Gasteiger partial charge in [0.15, 0.2) is 11.5 Å². The van der Waals surface area contributed by atoms with Crippen molar-refractivity contribution in [3.8, 4) is 11.5 Å². The average molecular weight is 423 g/mol. The van der Waals surface area contributed by atoms with Gasteiger partial charge in [0.2, 0.25) is 12.7 Å². The van der Waals surface area contributed by atoms with Crippen molar-refractivity contribution in [1.29, 1.82) is 0 Å².